The van der Waals surface area contributed by atoms with Crippen LogP contribution in [-0.4, -0.2) is 5.91 Å². The van der Waals surface area contributed by atoms with Crippen molar-refractivity contribution in [1.29, 1.82) is 0 Å². The molecule has 3 N–H and O–H groups in total. The number of carbonyl (C=O) groups excluding carboxylic acids is 1. The highest BCUT2D eigenvalue weighted by molar-refractivity contribution is 9.10. The first-order valence-electron chi connectivity index (χ1n) is 5.47. The van der Waals surface area contributed by atoms with E-state index in [0.29, 0.717) is 11.3 Å². The normalized spacial score (nSPS) is 12.1. The topological polar surface area (TPSA) is 55.1 Å². The Hall–Kier alpha value is -1.33. The minimum atomic E-state index is -0.158. The van der Waals surface area contributed by atoms with Crippen LogP contribution in [0.4, 0.5) is 5.69 Å². The van der Waals surface area contributed by atoms with Crippen LogP contribution in [0.25, 0.3) is 0 Å². The minimum absolute atomic E-state index is 0.0177. The maximum Gasteiger partial charge on any atom is 0.253 e. The molecule has 1 unspecified atom stereocenters. The lowest BCUT2D eigenvalue weighted by molar-refractivity contribution is 0.0941. The second kappa shape index (κ2) is 5.54. The maximum atomic E-state index is 12.1. The van der Waals surface area contributed by atoms with E-state index in [9.17, 15) is 4.79 Å². The third-order valence-corrected chi connectivity index (χ3v) is 4.13. The van der Waals surface area contributed by atoms with Gasteiger partial charge in [-0.1, -0.05) is 22.0 Å². The first-order chi connectivity index (χ1) is 8.58. The summed E-state index contributed by atoms with van der Waals surface area (Å²) in [5.41, 5.74) is 6.78. The second-order valence-corrected chi connectivity index (χ2v) is 5.84. The van der Waals surface area contributed by atoms with Gasteiger partial charge in [0, 0.05) is 15.0 Å². The van der Waals surface area contributed by atoms with Crippen LogP contribution in [0.15, 0.2) is 40.2 Å². The van der Waals surface area contributed by atoms with Crippen LogP contribution in [0.3, 0.4) is 0 Å². The summed E-state index contributed by atoms with van der Waals surface area (Å²) in [4.78, 5) is 13.2. The molecule has 5 heteroatoms. The number of nitrogens with one attached hydrogen (secondary N) is 1. The van der Waals surface area contributed by atoms with Gasteiger partial charge in [-0.15, -0.1) is 11.3 Å². The van der Waals surface area contributed by atoms with Gasteiger partial charge in [-0.3, -0.25) is 4.79 Å². The van der Waals surface area contributed by atoms with Gasteiger partial charge in [0.05, 0.1) is 11.6 Å². The maximum absolute atomic E-state index is 12.1. The Bertz CT molecular complexity index is 554. The van der Waals surface area contributed by atoms with Crippen LogP contribution in [0, 0.1) is 0 Å². The van der Waals surface area contributed by atoms with Gasteiger partial charge in [0.25, 0.3) is 5.91 Å². The molecular weight excluding hydrogens is 312 g/mol. The lowest BCUT2D eigenvalue weighted by Crippen LogP contribution is -2.26. The highest BCUT2D eigenvalue weighted by Crippen LogP contribution is 2.21. The lowest BCUT2D eigenvalue weighted by Gasteiger charge is -2.13. The van der Waals surface area contributed by atoms with Crippen LogP contribution in [0.1, 0.15) is 28.2 Å². The van der Waals surface area contributed by atoms with E-state index in [4.69, 9.17) is 5.73 Å². The van der Waals surface area contributed by atoms with Gasteiger partial charge in [-0.25, -0.2) is 0 Å². The number of nitrogen functional groups attached to an aromatic ring is 1. The number of benzene rings is 1. The van der Waals surface area contributed by atoms with E-state index in [0.717, 1.165) is 9.35 Å². The fourth-order valence-corrected chi connectivity index (χ4v) is 2.70. The van der Waals surface area contributed by atoms with Crippen molar-refractivity contribution in [2.45, 2.75) is 13.0 Å². The Morgan fingerprint density at radius 2 is 2.22 bits per heavy atom. The Balaban J connectivity index is 2.15. The summed E-state index contributed by atoms with van der Waals surface area (Å²) >= 11 is 4.96. The zero-order valence-electron chi connectivity index (χ0n) is 9.81. The molecule has 1 aromatic carbocycles. The molecule has 2 rings (SSSR count). The zero-order valence-corrected chi connectivity index (χ0v) is 12.2. The van der Waals surface area contributed by atoms with Crippen LogP contribution < -0.4 is 11.1 Å². The predicted molar refractivity (Wildman–Crippen MR) is 78.8 cm³/mol. The van der Waals surface area contributed by atoms with Gasteiger partial charge in [0.2, 0.25) is 0 Å². The summed E-state index contributed by atoms with van der Waals surface area (Å²) in [6.07, 6.45) is 0. The highest BCUT2D eigenvalue weighted by Gasteiger charge is 2.14. The van der Waals surface area contributed by atoms with E-state index in [2.05, 4.69) is 21.2 Å². The molecule has 1 atom stereocenters. The van der Waals surface area contributed by atoms with Gasteiger partial charge >= 0.3 is 0 Å². The molecule has 1 aromatic heterocycles. The highest BCUT2D eigenvalue weighted by atomic mass is 79.9. The Morgan fingerprint density at radius 3 is 2.89 bits per heavy atom. The summed E-state index contributed by atoms with van der Waals surface area (Å²) in [6, 6.07) is 9.21. The van der Waals surface area contributed by atoms with Crippen LogP contribution >= 0.6 is 27.3 Å². The Kier molecular flexibility index (Phi) is 4.04. The molecule has 0 aliphatic rings. The molecule has 0 aliphatic heterocycles. The molecule has 94 valence electrons. The van der Waals surface area contributed by atoms with Crippen molar-refractivity contribution in [1.82, 2.24) is 5.32 Å². The van der Waals surface area contributed by atoms with E-state index in [1.165, 1.54) is 0 Å². The number of thiophene rings is 1. The molecule has 0 aliphatic carbocycles. The van der Waals surface area contributed by atoms with E-state index in [-0.39, 0.29) is 11.9 Å². The number of carbonyl (C=O) groups is 1. The van der Waals surface area contributed by atoms with Crippen molar-refractivity contribution in [2.75, 3.05) is 5.73 Å². The molecule has 0 saturated carbocycles. The van der Waals surface area contributed by atoms with E-state index in [1.54, 1.807) is 23.5 Å². The number of halogens is 1. The largest absolute Gasteiger partial charge is 0.398 e. The summed E-state index contributed by atoms with van der Waals surface area (Å²) in [6.45, 7) is 1.96. The van der Waals surface area contributed by atoms with Crippen LogP contribution in [-0.2, 0) is 0 Å². The van der Waals surface area contributed by atoms with Crippen LogP contribution in [0.2, 0.25) is 0 Å². The molecule has 3 nitrogen and oxygen atoms in total. The quantitative estimate of drug-likeness (QED) is 0.848. The summed E-state index contributed by atoms with van der Waals surface area (Å²) in [5, 5.41) is 4.93. The smallest absolute Gasteiger partial charge is 0.253 e. The third-order valence-electron chi connectivity index (χ3n) is 2.58. The zero-order chi connectivity index (χ0) is 13.1. The van der Waals surface area contributed by atoms with Crippen molar-refractivity contribution < 1.29 is 4.79 Å². The summed E-state index contributed by atoms with van der Waals surface area (Å²) < 4.78 is 0.839. The average molecular weight is 325 g/mol. The number of rotatable bonds is 3. The molecule has 0 fully saturated rings. The van der Waals surface area contributed by atoms with Crippen molar-refractivity contribution in [3.8, 4) is 0 Å². The van der Waals surface area contributed by atoms with Crippen molar-refractivity contribution in [3.63, 3.8) is 0 Å². The third kappa shape index (κ3) is 2.91. The lowest BCUT2D eigenvalue weighted by atomic mass is 10.1. The van der Waals surface area contributed by atoms with E-state index >= 15 is 0 Å². The second-order valence-electron chi connectivity index (χ2n) is 3.94. The van der Waals surface area contributed by atoms with E-state index in [1.807, 2.05) is 30.5 Å². The van der Waals surface area contributed by atoms with Gasteiger partial charge < -0.3 is 11.1 Å². The van der Waals surface area contributed by atoms with Gasteiger partial charge in [0.1, 0.15) is 0 Å². The summed E-state index contributed by atoms with van der Waals surface area (Å²) in [5.74, 6) is -0.158. The van der Waals surface area contributed by atoms with Crippen molar-refractivity contribution in [3.05, 3.63) is 50.6 Å². The van der Waals surface area contributed by atoms with Crippen LogP contribution in [0.5, 0.6) is 0 Å². The van der Waals surface area contributed by atoms with Gasteiger partial charge in [0.15, 0.2) is 0 Å². The fraction of sp³-hybridized carbons (Fsp3) is 0.154. The average Bonchev–Trinajstić information content (AvgIpc) is 2.85. The minimum Gasteiger partial charge on any atom is -0.398 e. The van der Waals surface area contributed by atoms with Crippen molar-refractivity contribution in [2.24, 2.45) is 0 Å². The Labute approximate surface area is 118 Å². The first-order valence-corrected chi connectivity index (χ1v) is 7.14. The molecule has 0 spiro atoms. The molecule has 1 amide bonds. The standard InChI is InChI=1S/C13H13BrN2OS/c1-8(12-3-2-6-18-12)16-13(17)10-7-9(14)4-5-11(10)15/h2-8H,15H2,1H3,(H,16,17). The number of nitrogens with two attached hydrogens (primary N) is 1. The predicted octanol–water partition coefficient (Wildman–Crippen LogP) is 3.58. The molecule has 18 heavy (non-hydrogen) atoms. The monoisotopic (exact) mass is 324 g/mol. The number of hydrogen-bond donors (Lipinski definition) is 2. The molecular formula is C13H13BrN2OS. The van der Waals surface area contributed by atoms with Crippen molar-refractivity contribution >= 4 is 38.9 Å². The molecule has 2 aromatic rings. The molecule has 0 radical (unpaired) electrons. The van der Waals surface area contributed by atoms with E-state index < -0.39 is 0 Å². The first kappa shape index (κ1) is 13.1. The number of anilines is 1. The number of hydrogen-bond acceptors (Lipinski definition) is 3. The SMILES string of the molecule is CC(NC(=O)c1cc(Br)ccc1N)c1cccs1. The fourth-order valence-electron chi connectivity index (χ4n) is 1.61. The molecule has 1 heterocycles. The molecule has 0 saturated heterocycles. The van der Waals surface area contributed by atoms with Gasteiger partial charge in [-0.2, -0.15) is 0 Å². The van der Waals surface area contributed by atoms with Gasteiger partial charge in [-0.05, 0) is 36.6 Å². The molecule has 0 bridgehead atoms. The number of amides is 1. The Morgan fingerprint density at radius 1 is 1.44 bits per heavy atom. The summed E-state index contributed by atoms with van der Waals surface area (Å²) in [7, 11) is 0.